The monoisotopic (exact) mass is 398 g/mol. The van der Waals surface area contributed by atoms with Crippen LogP contribution in [-0.2, 0) is 4.74 Å². The number of morpholine rings is 1. The van der Waals surface area contributed by atoms with Crippen LogP contribution in [0.4, 0.5) is 11.4 Å². The number of nitro benzene ring substituents is 1. The lowest BCUT2D eigenvalue weighted by Gasteiger charge is -2.30. The molecule has 0 spiro atoms. The molecule has 1 aliphatic rings. The first-order valence-corrected chi connectivity index (χ1v) is 9.58. The molecule has 3 rings (SSSR count). The van der Waals surface area contributed by atoms with E-state index in [1.54, 1.807) is 6.07 Å². The zero-order chi connectivity index (χ0) is 20.8. The molecule has 0 bridgehead atoms. The molecule has 1 heterocycles. The third kappa shape index (κ3) is 5.10. The average molecular weight is 398 g/mol. The number of carbonyl (C=O) groups is 1. The first-order chi connectivity index (χ1) is 14.0. The average Bonchev–Trinajstić information content (AvgIpc) is 2.74. The predicted molar refractivity (Wildman–Crippen MR) is 111 cm³/mol. The number of nitrogens with one attached hydrogen (secondary N) is 1. The van der Waals surface area contributed by atoms with Gasteiger partial charge in [0.25, 0.3) is 11.6 Å². The standard InChI is InChI=1S/C21H26N4O4/c1-23(2)20(16-6-4-3-5-7-16)15-22-21(26)18-14-17(25(27)28)8-9-19(18)24-10-12-29-13-11-24/h3-9,14,20H,10-13,15H2,1-2H3,(H,22,26)/t20-/m0/s1. The van der Waals surface area contributed by atoms with Crippen LogP contribution in [0, 0.1) is 10.1 Å². The Balaban J connectivity index is 1.82. The van der Waals surface area contributed by atoms with Gasteiger partial charge in [0.05, 0.1) is 35.4 Å². The highest BCUT2D eigenvalue weighted by Crippen LogP contribution is 2.27. The van der Waals surface area contributed by atoms with Gasteiger partial charge >= 0.3 is 0 Å². The lowest BCUT2D eigenvalue weighted by atomic mass is 10.1. The molecule has 0 saturated carbocycles. The van der Waals surface area contributed by atoms with Crippen molar-refractivity contribution >= 4 is 17.3 Å². The van der Waals surface area contributed by atoms with Crippen molar-refractivity contribution in [1.29, 1.82) is 0 Å². The molecule has 1 saturated heterocycles. The van der Waals surface area contributed by atoms with E-state index in [9.17, 15) is 14.9 Å². The second-order valence-electron chi connectivity index (χ2n) is 7.16. The van der Waals surface area contributed by atoms with E-state index in [0.29, 0.717) is 44.1 Å². The summed E-state index contributed by atoms with van der Waals surface area (Å²) in [6.07, 6.45) is 0. The van der Waals surface area contributed by atoms with E-state index in [1.807, 2.05) is 54.2 Å². The molecule has 0 aromatic heterocycles. The third-order valence-electron chi connectivity index (χ3n) is 5.05. The maximum Gasteiger partial charge on any atom is 0.270 e. The van der Waals surface area contributed by atoms with Gasteiger partial charge in [0.1, 0.15) is 0 Å². The first kappa shape index (κ1) is 20.8. The Bertz CT molecular complexity index is 851. The molecule has 1 amide bonds. The van der Waals surface area contributed by atoms with E-state index in [0.717, 1.165) is 5.56 Å². The van der Waals surface area contributed by atoms with E-state index in [4.69, 9.17) is 4.74 Å². The summed E-state index contributed by atoms with van der Waals surface area (Å²) >= 11 is 0. The highest BCUT2D eigenvalue weighted by Gasteiger charge is 2.23. The Kier molecular flexibility index (Phi) is 6.79. The number of carbonyl (C=O) groups excluding carboxylic acids is 1. The SMILES string of the molecule is CN(C)[C@@H](CNC(=O)c1cc([N+](=O)[O-])ccc1N1CCOCC1)c1ccccc1. The number of nitro groups is 1. The molecule has 154 valence electrons. The Morgan fingerprint density at radius 1 is 1.21 bits per heavy atom. The van der Waals surface area contributed by atoms with E-state index in [2.05, 4.69) is 5.32 Å². The van der Waals surface area contributed by atoms with Gasteiger partial charge in [-0.05, 0) is 25.7 Å². The van der Waals surface area contributed by atoms with E-state index in [-0.39, 0.29) is 17.6 Å². The Labute approximate surface area is 170 Å². The van der Waals surface area contributed by atoms with Crippen molar-refractivity contribution in [2.45, 2.75) is 6.04 Å². The zero-order valence-corrected chi connectivity index (χ0v) is 16.7. The minimum Gasteiger partial charge on any atom is -0.378 e. The molecule has 1 N–H and O–H groups in total. The van der Waals surface area contributed by atoms with Crippen LogP contribution in [0.25, 0.3) is 0 Å². The predicted octanol–water partition coefficient (Wildman–Crippen LogP) is 2.46. The summed E-state index contributed by atoms with van der Waals surface area (Å²) in [7, 11) is 3.91. The molecule has 2 aromatic rings. The van der Waals surface area contributed by atoms with Crippen LogP contribution in [0.3, 0.4) is 0 Å². The summed E-state index contributed by atoms with van der Waals surface area (Å²) in [5.41, 5.74) is 1.99. The molecule has 29 heavy (non-hydrogen) atoms. The lowest BCUT2D eigenvalue weighted by molar-refractivity contribution is -0.384. The fourth-order valence-corrected chi connectivity index (χ4v) is 3.46. The number of likely N-dealkylation sites (N-methyl/N-ethyl adjacent to an activating group) is 1. The van der Waals surface area contributed by atoms with Crippen LogP contribution >= 0.6 is 0 Å². The molecule has 1 aliphatic heterocycles. The number of amides is 1. The summed E-state index contributed by atoms with van der Waals surface area (Å²) < 4.78 is 5.38. The summed E-state index contributed by atoms with van der Waals surface area (Å²) in [6, 6.07) is 14.3. The van der Waals surface area contributed by atoms with Crippen molar-refractivity contribution in [2.75, 3.05) is 51.8 Å². The van der Waals surface area contributed by atoms with Gasteiger partial charge in [-0.2, -0.15) is 0 Å². The molecule has 0 aliphatic carbocycles. The Morgan fingerprint density at radius 2 is 1.90 bits per heavy atom. The van der Waals surface area contributed by atoms with Gasteiger partial charge in [0, 0.05) is 31.8 Å². The highest BCUT2D eigenvalue weighted by molar-refractivity contribution is 6.00. The van der Waals surface area contributed by atoms with Crippen molar-refractivity contribution in [3.05, 3.63) is 69.8 Å². The van der Waals surface area contributed by atoms with Crippen molar-refractivity contribution in [1.82, 2.24) is 10.2 Å². The largest absolute Gasteiger partial charge is 0.378 e. The van der Waals surface area contributed by atoms with Crippen molar-refractivity contribution in [3.8, 4) is 0 Å². The number of anilines is 1. The van der Waals surface area contributed by atoms with Gasteiger partial charge < -0.3 is 19.9 Å². The van der Waals surface area contributed by atoms with Gasteiger partial charge in [-0.25, -0.2) is 0 Å². The quantitative estimate of drug-likeness (QED) is 0.569. The van der Waals surface area contributed by atoms with E-state index < -0.39 is 4.92 Å². The number of nitrogens with zero attached hydrogens (tertiary/aromatic N) is 3. The number of ether oxygens (including phenoxy) is 1. The Morgan fingerprint density at radius 3 is 2.52 bits per heavy atom. The Hall–Kier alpha value is -2.97. The summed E-state index contributed by atoms with van der Waals surface area (Å²) in [4.78, 5) is 27.9. The van der Waals surface area contributed by atoms with Crippen LogP contribution in [0.15, 0.2) is 48.5 Å². The highest BCUT2D eigenvalue weighted by atomic mass is 16.6. The second-order valence-corrected chi connectivity index (χ2v) is 7.16. The van der Waals surface area contributed by atoms with Crippen LogP contribution < -0.4 is 10.2 Å². The van der Waals surface area contributed by atoms with Crippen LogP contribution in [0.2, 0.25) is 0 Å². The molecule has 0 radical (unpaired) electrons. The summed E-state index contributed by atoms with van der Waals surface area (Å²) in [6.45, 7) is 2.80. The van der Waals surface area contributed by atoms with Gasteiger partial charge in [-0.3, -0.25) is 14.9 Å². The maximum atomic E-state index is 13.0. The van der Waals surface area contributed by atoms with Crippen molar-refractivity contribution < 1.29 is 14.5 Å². The topological polar surface area (TPSA) is 88.0 Å². The fraction of sp³-hybridized carbons (Fsp3) is 0.381. The second kappa shape index (κ2) is 9.49. The zero-order valence-electron chi connectivity index (χ0n) is 16.7. The number of non-ortho nitro benzene ring substituents is 1. The van der Waals surface area contributed by atoms with Crippen molar-refractivity contribution in [2.24, 2.45) is 0 Å². The van der Waals surface area contributed by atoms with Gasteiger partial charge in [0.2, 0.25) is 0 Å². The molecule has 2 aromatic carbocycles. The lowest BCUT2D eigenvalue weighted by Crippen LogP contribution is -2.39. The molecular formula is C21H26N4O4. The minimum atomic E-state index is -0.480. The summed E-state index contributed by atoms with van der Waals surface area (Å²) in [5.74, 6) is -0.321. The van der Waals surface area contributed by atoms with Crippen molar-refractivity contribution in [3.63, 3.8) is 0 Å². The number of hydrogen-bond acceptors (Lipinski definition) is 6. The van der Waals surface area contributed by atoms with Gasteiger partial charge in [0.15, 0.2) is 0 Å². The van der Waals surface area contributed by atoms with Crippen LogP contribution in [-0.4, -0.2) is 62.7 Å². The minimum absolute atomic E-state index is 0.00863. The van der Waals surface area contributed by atoms with Crippen LogP contribution in [0.1, 0.15) is 22.0 Å². The number of rotatable bonds is 7. The third-order valence-corrected chi connectivity index (χ3v) is 5.05. The first-order valence-electron chi connectivity index (χ1n) is 9.58. The number of benzene rings is 2. The molecule has 0 unspecified atom stereocenters. The van der Waals surface area contributed by atoms with Gasteiger partial charge in [-0.1, -0.05) is 30.3 Å². The van der Waals surface area contributed by atoms with Crippen LogP contribution in [0.5, 0.6) is 0 Å². The van der Waals surface area contributed by atoms with E-state index in [1.165, 1.54) is 12.1 Å². The molecule has 8 nitrogen and oxygen atoms in total. The van der Waals surface area contributed by atoms with Gasteiger partial charge in [-0.15, -0.1) is 0 Å². The maximum absolute atomic E-state index is 13.0. The molecule has 8 heteroatoms. The number of hydrogen-bond donors (Lipinski definition) is 1. The fourth-order valence-electron chi connectivity index (χ4n) is 3.46. The smallest absolute Gasteiger partial charge is 0.270 e. The molecule has 1 atom stereocenters. The molecule has 1 fully saturated rings. The normalized spacial score (nSPS) is 15.2. The summed E-state index contributed by atoms with van der Waals surface area (Å²) in [5, 5.41) is 14.2. The molecular weight excluding hydrogens is 372 g/mol. The van der Waals surface area contributed by atoms with E-state index >= 15 is 0 Å².